The second kappa shape index (κ2) is 12.9. The summed E-state index contributed by atoms with van der Waals surface area (Å²) in [5, 5.41) is 11.1. The van der Waals surface area contributed by atoms with Gasteiger partial charge in [-0.25, -0.2) is 4.79 Å². The van der Waals surface area contributed by atoms with E-state index in [1.54, 1.807) is 23.9 Å². The van der Waals surface area contributed by atoms with E-state index in [0.29, 0.717) is 30.7 Å². The van der Waals surface area contributed by atoms with Crippen LogP contribution in [0.4, 0.5) is 5.69 Å². The molecule has 10 heteroatoms. The van der Waals surface area contributed by atoms with Gasteiger partial charge in [-0.2, -0.15) is 24.4 Å². The first-order valence-corrected chi connectivity index (χ1v) is 14.2. The predicted molar refractivity (Wildman–Crippen MR) is 152 cm³/mol. The minimum absolute atomic E-state index is 0.0765. The maximum Gasteiger partial charge on any atom is 0.328 e. The summed E-state index contributed by atoms with van der Waals surface area (Å²) in [5.41, 5.74) is 0.631. The van der Waals surface area contributed by atoms with Crippen molar-refractivity contribution in [1.82, 2.24) is 10.6 Å². The Labute approximate surface area is 228 Å². The smallest absolute Gasteiger partial charge is 0.328 e. The number of nitrogens with one attached hydrogen (secondary N) is 3. The van der Waals surface area contributed by atoms with Crippen molar-refractivity contribution in [3.05, 3.63) is 42.0 Å². The van der Waals surface area contributed by atoms with Crippen LogP contribution in [0, 0.1) is 5.92 Å². The quantitative estimate of drug-likeness (QED) is 0.202. The Hall–Kier alpha value is -2.43. The van der Waals surface area contributed by atoms with Crippen molar-refractivity contribution in [3.8, 4) is 0 Å². The number of rotatable bonds is 10. The topological polar surface area (TPSA) is 106 Å². The molecule has 4 atom stereocenters. The Balaban J connectivity index is 1.78. The van der Waals surface area contributed by atoms with Crippen LogP contribution in [0.15, 0.2) is 36.4 Å². The molecular formula is C27H37N3O5S2. The molecule has 1 heterocycles. The van der Waals surface area contributed by atoms with Crippen LogP contribution >= 0.6 is 24.4 Å². The zero-order valence-electron chi connectivity index (χ0n) is 22.0. The molecule has 3 rings (SSSR count). The van der Waals surface area contributed by atoms with Gasteiger partial charge in [0.05, 0.1) is 18.4 Å². The Morgan fingerprint density at radius 3 is 2.62 bits per heavy atom. The molecule has 1 unspecified atom stereocenters. The van der Waals surface area contributed by atoms with Crippen LogP contribution in [0.1, 0.15) is 44.0 Å². The molecule has 0 saturated carbocycles. The standard InChI is InChI=1S/C27H37N3O5S2/c1-27(2,3)35-25(32)18-14-22(28-15-18)24(36)30-21-13-17(12-16-8-6-7-9-19(16)21)23(31)29-20(10-11-37-5)26(33)34-4/h6-9,12-13,18,20,22,24,28,30,36H,10-11,14-15H2,1-5H3,(H,29,31)/t18-,20-,22-,24?/m0/s1. The fraction of sp³-hybridized carbons (Fsp3) is 0.519. The lowest BCUT2D eigenvalue weighted by atomic mass is 10.0. The third-order valence-corrected chi connectivity index (χ3v) is 7.25. The number of thiol groups is 1. The molecule has 1 saturated heterocycles. The molecule has 1 aliphatic heterocycles. The number of amides is 1. The monoisotopic (exact) mass is 547 g/mol. The number of carbonyl (C=O) groups is 3. The van der Waals surface area contributed by atoms with Gasteiger partial charge in [0.2, 0.25) is 0 Å². The molecule has 0 aliphatic carbocycles. The first-order chi connectivity index (χ1) is 17.5. The van der Waals surface area contributed by atoms with E-state index in [1.807, 2.05) is 51.3 Å². The summed E-state index contributed by atoms with van der Waals surface area (Å²) in [6.07, 6.45) is 3.01. The summed E-state index contributed by atoms with van der Waals surface area (Å²) in [5.74, 6) is -0.571. The molecular weight excluding hydrogens is 510 g/mol. The van der Waals surface area contributed by atoms with E-state index in [0.717, 1.165) is 16.5 Å². The van der Waals surface area contributed by atoms with E-state index in [2.05, 4.69) is 16.0 Å². The summed E-state index contributed by atoms with van der Waals surface area (Å²) in [4.78, 5) is 37.9. The third-order valence-electron chi connectivity index (χ3n) is 6.12. The summed E-state index contributed by atoms with van der Waals surface area (Å²) >= 11 is 6.38. The van der Waals surface area contributed by atoms with Gasteiger partial charge in [-0.3, -0.25) is 9.59 Å². The Morgan fingerprint density at radius 2 is 1.95 bits per heavy atom. The van der Waals surface area contributed by atoms with Crippen molar-refractivity contribution in [2.75, 3.05) is 31.0 Å². The number of anilines is 1. The number of benzene rings is 2. The first-order valence-electron chi connectivity index (χ1n) is 12.3. The van der Waals surface area contributed by atoms with Gasteiger partial charge >= 0.3 is 11.9 Å². The highest BCUT2D eigenvalue weighted by atomic mass is 32.2. The highest BCUT2D eigenvalue weighted by Gasteiger charge is 2.35. The number of methoxy groups -OCH3 is 1. The lowest BCUT2D eigenvalue weighted by Gasteiger charge is -2.24. The van der Waals surface area contributed by atoms with Crippen LogP contribution in [0.5, 0.6) is 0 Å². The summed E-state index contributed by atoms with van der Waals surface area (Å²) in [7, 11) is 1.32. The molecule has 1 amide bonds. The van der Waals surface area contributed by atoms with Crippen LogP contribution in [0.3, 0.4) is 0 Å². The van der Waals surface area contributed by atoms with Crippen LogP contribution in [-0.2, 0) is 19.1 Å². The SMILES string of the molecule is COC(=O)[C@H](CCSC)NC(=O)c1cc(NC(S)[C@@H]2C[C@H](C(=O)OC(C)(C)C)CN2)c2ccccc2c1. The minimum Gasteiger partial charge on any atom is -0.467 e. The highest BCUT2D eigenvalue weighted by molar-refractivity contribution is 7.98. The van der Waals surface area contributed by atoms with Gasteiger partial charge in [0.25, 0.3) is 5.91 Å². The average molecular weight is 548 g/mol. The van der Waals surface area contributed by atoms with Crippen molar-refractivity contribution in [2.45, 2.75) is 56.7 Å². The van der Waals surface area contributed by atoms with Gasteiger partial charge in [-0.15, -0.1) is 0 Å². The van der Waals surface area contributed by atoms with Crippen LogP contribution in [0.2, 0.25) is 0 Å². The molecule has 0 radical (unpaired) electrons. The van der Waals surface area contributed by atoms with Crippen molar-refractivity contribution < 1.29 is 23.9 Å². The molecule has 2 aromatic rings. The molecule has 8 nitrogen and oxygen atoms in total. The molecule has 3 N–H and O–H groups in total. The van der Waals surface area contributed by atoms with Crippen molar-refractivity contribution in [1.29, 1.82) is 0 Å². The maximum absolute atomic E-state index is 13.2. The van der Waals surface area contributed by atoms with E-state index in [-0.39, 0.29) is 29.2 Å². The predicted octanol–water partition coefficient (Wildman–Crippen LogP) is 3.85. The second-order valence-electron chi connectivity index (χ2n) is 10.1. The van der Waals surface area contributed by atoms with E-state index in [4.69, 9.17) is 22.1 Å². The molecule has 0 spiro atoms. The zero-order valence-corrected chi connectivity index (χ0v) is 23.7. The van der Waals surface area contributed by atoms with Gasteiger partial charge in [0.15, 0.2) is 0 Å². The second-order valence-corrected chi connectivity index (χ2v) is 11.7. The summed E-state index contributed by atoms with van der Waals surface area (Å²) in [6, 6.07) is 10.5. The molecule has 202 valence electrons. The largest absolute Gasteiger partial charge is 0.467 e. The number of ether oxygens (including phenoxy) is 2. The Bertz CT molecular complexity index is 1120. The average Bonchev–Trinajstić information content (AvgIpc) is 3.35. The van der Waals surface area contributed by atoms with E-state index in [1.165, 1.54) is 7.11 Å². The number of carbonyl (C=O) groups excluding carboxylic acids is 3. The number of hydrogen-bond acceptors (Lipinski definition) is 9. The van der Waals surface area contributed by atoms with Crippen LogP contribution < -0.4 is 16.0 Å². The van der Waals surface area contributed by atoms with Gasteiger partial charge in [0.1, 0.15) is 11.6 Å². The maximum atomic E-state index is 13.2. The summed E-state index contributed by atoms with van der Waals surface area (Å²) in [6.45, 7) is 6.10. The Morgan fingerprint density at radius 1 is 1.22 bits per heavy atom. The lowest BCUT2D eigenvalue weighted by molar-refractivity contribution is -0.159. The van der Waals surface area contributed by atoms with Gasteiger partial charge in [-0.1, -0.05) is 24.3 Å². The molecule has 1 fully saturated rings. The third kappa shape index (κ3) is 8.02. The molecule has 0 aromatic heterocycles. The van der Waals surface area contributed by atoms with Crippen molar-refractivity contribution in [3.63, 3.8) is 0 Å². The molecule has 37 heavy (non-hydrogen) atoms. The number of esters is 2. The normalized spacial score (nSPS) is 19.2. The van der Waals surface area contributed by atoms with Crippen molar-refractivity contribution in [2.24, 2.45) is 5.92 Å². The highest BCUT2D eigenvalue weighted by Crippen LogP contribution is 2.29. The number of hydrogen-bond donors (Lipinski definition) is 4. The molecule has 0 bridgehead atoms. The molecule has 1 aliphatic rings. The first kappa shape index (κ1) is 29.1. The van der Waals surface area contributed by atoms with Crippen LogP contribution in [0.25, 0.3) is 10.8 Å². The van der Waals surface area contributed by atoms with Crippen LogP contribution in [-0.4, -0.2) is 66.6 Å². The number of fused-ring (bicyclic) bond motifs is 1. The van der Waals surface area contributed by atoms with Gasteiger partial charge in [-0.05, 0) is 63.1 Å². The molecule has 2 aromatic carbocycles. The fourth-order valence-electron chi connectivity index (χ4n) is 4.26. The lowest BCUT2D eigenvalue weighted by Crippen LogP contribution is -2.42. The van der Waals surface area contributed by atoms with E-state index < -0.39 is 17.6 Å². The Kier molecular flexibility index (Phi) is 10.1. The van der Waals surface area contributed by atoms with E-state index in [9.17, 15) is 14.4 Å². The fourth-order valence-corrected chi connectivity index (χ4v) is 5.10. The van der Waals surface area contributed by atoms with E-state index >= 15 is 0 Å². The minimum atomic E-state index is -0.724. The zero-order chi connectivity index (χ0) is 27.2. The van der Waals surface area contributed by atoms with Gasteiger partial charge in [0, 0.05) is 29.2 Å². The summed E-state index contributed by atoms with van der Waals surface area (Å²) < 4.78 is 10.4. The van der Waals surface area contributed by atoms with Crippen molar-refractivity contribution >= 4 is 58.7 Å². The van der Waals surface area contributed by atoms with Gasteiger partial charge < -0.3 is 25.4 Å². The number of thioether (sulfide) groups is 1.